The second kappa shape index (κ2) is 6.54. The van der Waals surface area contributed by atoms with Gasteiger partial charge in [0.2, 0.25) is 0 Å². The molecule has 1 aliphatic carbocycles. The number of benzene rings is 1. The summed E-state index contributed by atoms with van der Waals surface area (Å²) in [6, 6.07) is 8.85. The largest absolute Gasteiger partial charge is 0.427 e. The van der Waals surface area contributed by atoms with E-state index in [0.717, 1.165) is 5.92 Å². The van der Waals surface area contributed by atoms with Gasteiger partial charge in [0.05, 0.1) is 11.2 Å². The second-order valence-corrected chi connectivity index (χ2v) is 7.43. The summed E-state index contributed by atoms with van der Waals surface area (Å²) in [7, 11) is 0.544. The lowest BCUT2D eigenvalue weighted by Gasteiger charge is -2.37. The number of hydrogen-bond acceptors (Lipinski definition) is 2. The topological polar surface area (TPSA) is 29.5 Å². The van der Waals surface area contributed by atoms with Crippen LogP contribution in [0.3, 0.4) is 0 Å². The van der Waals surface area contributed by atoms with Crippen molar-refractivity contribution in [2.75, 3.05) is 0 Å². The van der Waals surface area contributed by atoms with Crippen molar-refractivity contribution in [3.05, 3.63) is 29.8 Å². The van der Waals surface area contributed by atoms with Crippen molar-refractivity contribution in [3.63, 3.8) is 0 Å². The van der Waals surface area contributed by atoms with Gasteiger partial charge in [0, 0.05) is 0 Å². The van der Waals surface area contributed by atoms with E-state index in [1.807, 2.05) is 13.8 Å². The lowest BCUT2D eigenvalue weighted by Crippen LogP contribution is -2.49. The number of rotatable bonds is 5. The molecular formula is C18H29BO2. The molecule has 0 atom stereocenters. The van der Waals surface area contributed by atoms with Crippen LogP contribution in [0.2, 0.25) is 0 Å². The Morgan fingerprint density at radius 1 is 1.00 bits per heavy atom. The van der Waals surface area contributed by atoms with Crippen LogP contribution in [0, 0.1) is 0 Å². The molecule has 116 valence electrons. The molecule has 1 N–H and O–H groups in total. The minimum absolute atomic E-state index is 0.544. The van der Waals surface area contributed by atoms with Gasteiger partial charge in [-0.05, 0) is 52.0 Å². The van der Waals surface area contributed by atoms with Gasteiger partial charge in [0.25, 0.3) is 0 Å². The molecule has 0 saturated heterocycles. The lowest BCUT2D eigenvalue weighted by atomic mass is 9.80. The second-order valence-electron chi connectivity index (χ2n) is 7.43. The Kier molecular flexibility index (Phi) is 5.16. The predicted molar refractivity (Wildman–Crippen MR) is 90.5 cm³/mol. The van der Waals surface area contributed by atoms with E-state index in [1.54, 1.807) is 13.8 Å². The van der Waals surface area contributed by atoms with Crippen molar-refractivity contribution in [1.82, 2.24) is 0 Å². The summed E-state index contributed by atoms with van der Waals surface area (Å²) < 4.78 is 5.92. The summed E-state index contributed by atoms with van der Waals surface area (Å²) >= 11 is 0. The number of aliphatic hydroxyl groups is 1. The monoisotopic (exact) mass is 288 g/mol. The van der Waals surface area contributed by atoms with Crippen LogP contribution in [-0.4, -0.2) is 23.8 Å². The van der Waals surface area contributed by atoms with Crippen LogP contribution in [0.5, 0.6) is 0 Å². The molecule has 3 heteroatoms. The smallest absolute Gasteiger partial charge is 0.309 e. The van der Waals surface area contributed by atoms with Gasteiger partial charge >= 0.3 is 7.48 Å². The summed E-state index contributed by atoms with van der Waals surface area (Å²) in [5.74, 6) is 0.751. The molecule has 2 nitrogen and oxygen atoms in total. The first-order chi connectivity index (χ1) is 9.79. The molecule has 0 spiro atoms. The molecule has 0 aliphatic heterocycles. The maximum atomic E-state index is 10.1. The first-order valence-electron chi connectivity index (χ1n) is 8.25. The lowest BCUT2D eigenvalue weighted by molar-refractivity contribution is -0.0893. The third-order valence-corrected chi connectivity index (χ3v) is 5.13. The highest BCUT2D eigenvalue weighted by Crippen LogP contribution is 2.32. The molecule has 21 heavy (non-hydrogen) atoms. The molecule has 0 unspecified atom stereocenters. The van der Waals surface area contributed by atoms with Crippen molar-refractivity contribution in [2.45, 2.75) is 76.9 Å². The number of hydrogen-bond donors (Lipinski definition) is 1. The molecule has 0 amide bonds. The van der Waals surface area contributed by atoms with E-state index in [-0.39, 0.29) is 0 Å². The third-order valence-electron chi connectivity index (χ3n) is 5.13. The highest BCUT2D eigenvalue weighted by Gasteiger charge is 2.35. The molecule has 1 aromatic carbocycles. The van der Waals surface area contributed by atoms with E-state index in [2.05, 4.69) is 24.3 Å². The fourth-order valence-corrected chi connectivity index (χ4v) is 2.76. The first-order valence-corrected chi connectivity index (χ1v) is 8.25. The summed E-state index contributed by atoms with van der Waals surface area (Å²) in [4.78, 5) is 0. The zero-order chi connectivity index (χ0) is 15.5. The summed E-state index contributed by atoms with van der Waals surface area (Å²) in [5, 5.41) is 10.1. The quantitative estimate of drug-likeness (QED) is 0.843. The summed E-state index contributed by atoms with van der Waals surface area (Å²) in [6.45, 7) is 7.45. The zero-order valence-electron chi connectivity index (χ0n) is 14.0. The third kappa shape index (κ3) is 4.34. The molecule has 1 aromatic rings. The van der Waals surface area contributed by atoms with Gasteiger partial charge in [0.15, 0.2) is 0 Å². The van der Waals surface area contributed by atoms with Gasteiger partial charge in [-0.1, -0.05) is 49.0 Å². The van der Waals surface area contributed by atoms with E-state index in [9.17, 15) is 5.11 Å². The Morgan fingerprint density at radius 2 is 1.57 bits per heavy atom. The Hall–Kier alpha value is -0.795. The van der Waals surface area contributed by atoms with Crippen LogP contribution >= 0.6 is 0 Å². The summed E-state index contributed by atoms with van der Waals surface area (Å²) in [6.07, 6.45) is 6.81. The van der Waals surface area contributed by atoms with Crippen molar-refractivity contribution in [3.8, 4) is 0 Å². The van der Waals surface area contributed by atoms with E-state index in [1.165, 1.54) is 43.1 Å². The van der Waals surface area contributed by atoms with Crippen molar-refractivity contribution < 1.29 is 9.76 Å². The van der Waals surface area contributed by atoms with E-state index in [0.29, 0.717) is 7.48 Å². The van der Waals surface area contributed by atoms with Crippen LogP contribution in [0.1, 0.15) is 71.3 Å². The van der Waals surface area contributed by atoms with E-state index in [4.69, 9.17) is 4.65 Å². The van der Waals surface area contributed by atoms with Crippen molar-refractivity contribution in [2.24, 2.45) is 0 Å². The highest BCUT2D eigenvalue weighted by atomic mass is 16.5. The van der Waals surface area contributed by atoms with Crippen molar-refractivity contribution in [1.29, 1.82) is 0 Å². The molecule has 0 bridgehead atoms. The van der Waals surface area contributed by atoms with Gasteiger partial charge in [-0.3, -0.25) is 0 Å². The maximum absolute atomic E-state index is 10.1. The van der Waals surface area contributed by atoms with E-state index >= 15 is 0 Å². The van der Waals surface area contributed by atoms with Crippen LogP contribution in [-0.2, 0) is 4.65 Å². The molecule has 0 heterocycles. The maximum Gasteiger partial charge on any atom is 0.309 e. The van der Waals surface area contributed by atoms with Crippen LogP contribution in [0.15, 0.2) is 24.3 Å². The fraction of sp³-hybridized carbons (Fsp3) is 0.667. The first kappa shape index (κ1) is 16.6. The van der Waals surface area contributed by atoms with Gasteiger partial charge in [-0.25, -0.2) is 0 Å². The van der Waals surface area contributed by atoms with Gasteiger partial charge < -0.3 is 9.76 Å². The molecule has 2 rings (SSSR count). The van der Waals surface area contributed by atoms with Crippen LogP contribution in [0.4, 0.5) is 0 Å². The van der Waals surface area contributed by atoms with Crippen LogP contribution in [0.25, 0.3) is 0 Å². The standard InChI is InChI=1S/C18H29BO2/c1-17(2,20)18(3,4)21-19-16-12-10-15(11-13-16)14-8-6-5-7-9-14/h10-14,19-20H,5-9H2,1-4H3. The Labute approximate surface area is 130 Å². The normalized spacial score (nSPS) is 17.8. The van der Waals surface area contributed by atoms with E-state index < -0.39 is 11.2 Å². The molecule has 1 aliphatic rings. The van der Waals surface area contributed by atoms with Crippen LogP contribution < -0.4 is 5.46 Å². The molecular weight excluding hydrogens is 259 g/mol. The van der Waals surface area contributed by atoms with Crippen molar-refractivity contribution >= 4 is 12.9 Å². The highest BCUT2D eigenvalue weighted by molar-refractivity contribution is 6.47. The predicted octanol–water partition coefficient (Wildman–Crippen LogP) is 3.28. The summed E-state index contributed by atoms with van der Waals surface area (Å²) in [5.41, 5.74) is 1.23. The Morgan fingerprint density at radius 3 is 2.10 bits per heavy atom. The Bertz CT molecular complexity index is 439. The fourth-order valence-electron chi connectivity index (χ4n) is 2.76. The SMILES string of the molecule is CC(C)(O)C(C)(C)OBc1ccc(C2CCCCC2)cc1. The molecule has 1 fully saturated rings. The van der Waals surface area contributed by atoms with Gasteiger partial charge in [0.1, 0.15) is 0 Å². The average molecular weight is 288 g/mol. The molecule has 0 aromatic heterocycles. The minimum atomic E-state index is -0.852. The van der Waals surface area contributed by atoms with Gasteiger partial charge in [-0.15, -0.1) is 0 Å². The minimum Gasteiger partial charge on any atom is -0.427 e. The molecule has 0 radical (unpaired) electrons. The Balaban J connectivity index is 1.93. The average Bonchev–Trinajstić information content (AvgIpc) is 2.45. The zero-order valence-corrected chi connectivity index (χ0v) is 14.0. The van der Waals surface area contributed by atoms with Gasteiger partial charge in [-0.2, -0.15) is 0 Å². The molecule has 1 saturated carbocycles.